The van der Waals surface area contributed by atoms with Gasteiger partial charge in [0.2, 0.25) is 10.0 Å². The highest BCUT2D eigenvalue weighted by Gasteiger charge is 2.31. The monoisotopic (exact) mass is 559 g/mol. The summed E-state index contributed by atoms with van der Waals surface area (Å²) >= 11 is 0. The summed E-state index contributed by atoms with van der Waals surface area (Å²) in [6.45, 7) is 2.60. The zero-order valence-corrected chi connectivity index (χ0v) is 22.4. The Morgan fingerprint density at radius 1 is 1.05 bits per heavy atom. The molecule has 1 saturated heterocycles. The van der Waals surface area contributed by atoms with Crippen molar-refractivity contribution in [1.29, 1.82) is 0 Å². The molecule has 1 N–H and O–H groups in total. The number of carbonyl (C=O) groups excluding carboxylic acids is 1. The SMILES string of the molecule is Cc1ccc(-n2nc(C3CCN(S(=O)(=O)c4ccc(F)cc4)CC3)cc2NC(=O)c2cnn3cccnc23)cc1. The molecule has 1 fully saturated rings. The number of piperidine rings is 1. The summed E-state index contributed by atoms with van der Waals surface area (Å²) in [5.74, 6) is -0.377. The molecule has 2 aromatic carbocycles. The second-order valence-electron chi connectivity index (χ2n) is 9.73. The minimum absolute atomic E-state index is 0.0133. The van der Waals surface area contributed by atoms with E-state index >= 15 is 0 Å². The summed E-state index contributed by atoms with van der Waals surface area (Å²) in [7, 11) is -3.72. The van der Waals surface area contributed by atoms with Gasteiger partial charge in [-0.25, -0.2) is 27.0 Å². The molecule has 0 unspecified atom stereocenters. The van der Waals surface area contributed by atoms with Gasteiger partial charge in [0, 0.05) is 37.5 Å². The summed E-state index contributed by atoms with van der Waals surface area (Å²) < 4.78 is 44.1. The van der Waals surface area contributed by atoms with Crippen molar-refractivity contribution in [2.75, 3.05) is 18.4 Å². The molecular weight excluding hydrogens is 533 g/mol. The molecule has 0 spiro atoms. The molecule has 10 nitrogen and oxygen atoms in total. The van der Waals surface area contributed by atoms with E-state index in [1.54, 1.807) is 23.1 Å². The summed E-state index contributed by atoms with van der Waals surface area (Å²) in [4.78, 5) is 17.6. The highest BCUT2D eigenvalue weighted by molar-refractivity contribution is 7.89. The van der Waals surface area contributed by atoms with Crippen LogP contribution in [0.2, 0.25) is 0 Å². The molecule has 0 aliphatic carbocycles. The van der Waals surface area contributed by atoms with E-state index in [1.807, 2.05) is 37.3 Å². The predicted molar refractivity (Wildman–Crippen MR) is 146 cm³/mol. The number of nitrogens with zero attached hydrogens (tertiary/aromatic N) is 6. The van der Waals surface area contributed by atoms with E-state index in [-0.39, 0.29) is 16.7 Å². The number of nitrogens with one attached hydrogen (secondary N) is 1. The minimum atomic E-state index is -3.72. The third-order valence-corrected chi connectivity index (χ3v) is 9.01. The maximum atomic E-state index is 13.3. The van der Waals surface area contributed by atoms with Crippen LogP contribution in [0, 0.1) is 12.7 Å². The van der Waals surface area contributed by atoms with E-state index in [4.69, 9.17) is 5.10 Å². The Hall–Kier alpha value is -4.42. The van der Waals surface area contributed by atoms with Crippen molar-refractivity contribution in [1.82, 2.24) is 28.7 Å². The quantitative estimate of drug-likeness (QED) is 0.334. The number of hydrogen-bond donors (Lipinski definition) is 1. The smallest absolute Gasteiger partial charge is 0.262 e. The molecule has 0 atom stereocenters. The minimum Gasteiger partial charge on any atom is -0.306 e. The van der Waals surface area contributed by atoms with Gasteiger partial charge < -0.3 is 5.32 Å². The zero-order valence-electron chi connectivity index (χ0n) is 21.6. The lowest BCUT2D eigenvalue weighted by atomic mass is 9.95. The van der Waals surface area contributed by atoms with Crippen LogP contribution in [0.5, 0.6) is 0 Å². The molecule has 1 amide bonds. The van der Waals surface area contributed by atoms with Crippen LogP contribution in [0.1, 0.15) is 40.4 Å². The predicted octanol–water partition coefficient (Wildman–Crippen LogP) is 4.18. The van der Waals surface area contributed by atoms with Gasteiger partial charge in [0.15, 0.2) is 5.65 Å². The average molecular weight is 560 g/mol. The number of fused-ring (bicyclic) bond motifs is 1. The van der Waals surface area contributed by atoms with Gasteiger partial charge in [-0.05, 0) is 62.2 Å². The van der Waals surface area contributed by atoms with Crippen molar-refractivity contribution in [2.24, 2.45) is 0 Å². The number of sulfonamides is 1. The number of benzene rings is 2. The Labute approximate surface area is 230 Å². The van der Waals surface area contributed by atoms with E-state index in [0.717, 1.165) is 29.1 Å². The number of halogens is 1. The first-order chi connectivity index (χ1) is 19.3. The third-order valence-electron chi connectivity index (χ3n) is 7.10. The van der Waals surface area contributed by atoms with Gasteiger partial charge in [-0.15, -0.1) is 0 Å². The highest BCUT2D eigenvalue weighted by atomic mass is 32.2. The Morgan fingerprint density at radius 2 is 1.77 bits per heavy atom. The van der Waals surface area contributed by atoms with Crippen LogP contribution in [-0.4, -0.2) is 56.1 Å². The summed E-state index contributed by atoms with van der Waals surface area (Å²) in [6, 6.07) is 16.2. The molecule has 5 aromatic rings. The van der Waals surface area contributed by atoms with Gasteiger partial charge in [0.1, 0.15) is 17.2 Å². The molecule has 1 aliphatic heterocycles. The second kappa shape index (κ2) is 10.3. The molecule has 0 saturated carbocycles. The molecule has 204 valence electrons. The Morgan fingerprint density at radius 3 is 2.50 bits per heavy atom. The second-order valence-corrected chi connectivity index (χ2v) is 11.7. The molecule has 1 aliphatic rings. The summed E-state index contributed by atoms with van der Waals surface area (Å²) in [5, 5.41) is 12.0. The normalized spacial score (nSPS) is 14.9. The highest BCUT2D eigenvalue weighted by Crippen LogP contribution is 2.32. The van der Waals surface area contributed by atoms with Crippen LogP contribution in [-0.2, 0) is 10.0 Å². The first-order valence-corrected chi connectivity index (χ1v) is 14.3. The maximum Gasteiger partial charge on any atom is 0.262 e. The third kappa shape index (κ3) is 4.87. The van der Waals surface area contributed by atoms with Crippen LogP contribution >= 0.6 is 0 Å². The molecule has 3 aromatic heterocycles. The number of aryl methyl sites for hydroxylation is 1. The lowest BCUT2D eigenvalue weighted by Gasteiger charge is -2.30. The molecular formula is C28H26FN7O3S. The number of anilines is 1. The van der Waals surface area contributed by atoms with Gasteiger partial charge in [0.05, 0.1) is 22.5 Å². The topological polar surface area (TPSA) is 114 Å². The average Bonchev–Trinajstić information content (AvgIpc) is 3.59. The van der Waals surface area contributed by atoms with Crippen molar-refractivity contribution >= 4 is 27.4 Å². The van der Waals surface area contributed by atoms with Gasteiger partial charge in [-0.2, -0.15) is 14.5 Å². The summed E-state index contributed by atoms with van der Waals surface area (Å²) in [5.41, 5.74) is 3.40. The Balaban J connectivity index is 1.26. The number of amides is 1. The summed E-state index contributed by atoms with van der Waals surface area (Å²) in [6.07, 6.45) is 5.90. The van der Waals surface area contributed by atoms with Gasteiger partial charge >= 0.3 is 0 Å². The molecule has 40 heavy (non-hydrogen) atoms. The van der Waals surface area contributed by atoms with Crippen molar-refractivity contribution in [3.8, 4) is 5.69 Å². The van der Waals surface area contributed by atoms with Gasteiger partial charge in [-0.1, -0.05) is 17.7 Å². The first-order valence-electron chi connectivity index (χ1n) is 12.8. The van der Waals surface area contributed by atoms with Crippen molar-refractivity contribution in [3.63, 3.8) is 0 Å². The van der Waals surface area contributed by atoms with Crippen molar-refractivity contribution in [3.05, 3.63) is 102 Å². The van der Waals surface area contributed by atoms with Gasteiger partial charge in [0.25, 0.3) is 5.91 Å². The Bertz CT molecular complexity index is 1790. The molecule has 0 radical (unpaired) electrons. The van der Waals surface area contributed by atoms with Crippen LogP contribution in [0.25, 0.3) is 11.3 Å². The molecule has 4 heterocycles. The Kier molecular flexibility index (Phi) is 6.64. The van der Waals surface area contributed by atoms with Crippen LogP contribution in [0.3, 0.4) is 0 Å². The van der Waals surface area contributed by atoms with Crippen LogP contribution in [0.15, 0.2) is 84.1 Å². The van der Waals surface area contributed by atoms with E-state index in [0.29, 0.717) is 43.0 Å². The standard InChI is InChI=1S/C28H26FN7O3S/c1-19-3-7-22(8-4-19)36-26(32-28(37)24-18-31-35-14-2-13-30-27(24)35)17-25(33-36)20-11-15-34(16-12-20)40(38,39)23-9-5-21(29)6-10-23/h2-10,13-14,17-18,20H,11-12,15-16H2,1H3,(H,32,37). The van der Waals surface area contributed by atoms with E-state index < -0.39 is 15.8 Å². The van der Waals surface area contributed by atoms with Gasteiger partial charge in [-0.3, -0.25) is 4.79 Å². The fourth-order valence-electron chi connectivity index (χ4n) is 4.89. The first kappa shape index (κ1) is 25.8. The number of aromatic nitrogens is 5. The number of rotatable bonds is 6. The zero-order chi connectivity index (χ0) is 27.9. The fourth-order valence-corrected chi connectivity index (χ4v) is 6.36. The molecule has 0 bridgehead atoms. The van der Waals surface area contributed by atoms with Crippen molar-refractivity contribution < 1.29 is 17.6 Å². The molecule has 12 heteroatoms. The maximum absolute atomic E-state index is 13.3. The van der Waals surface area contributed by atoms with Crippen LogP contribution < -0.4 is 5.32 Å². The molecule has 6 rings (SSSR count). The van der Waals surface area contributed by atoms with E-state index in [9.17, 15) is 17.6 Å². The largest absolute Gasteiger partial charge is 0.306 e. The van der Waals surface area contributed by atoms with Crippen LogP contribution in [0.4, 0.5) is 10.2 Å². The van der Waals surface area contributed by atoms with E-state index in [2.05, 4.69) is 15.4 Å². The van der Waals surface area contributed by atoms with Crippen molar-refractivity contribution in [2.45, 2.75) is 30.6 Å². The number of hydrogen-bond acceptors (Lipinski definition) is 6. The lowest BCUT2D eigenvalue weighted by molar-refractivity contribution is 0.102. The fraction of sp³-hybridized carbons (Fsp3) is 0.214. The van der Waals surface area contributed by atoms with E-state index in [1.165, 1.54) is 27.2 Å². The number of carbonyl (C=O) groups is 1. The lowest BCUT2D eigenvalue weighted by Crippen LogP contribution is -2.38.